The van der Waals surface area contributed by atoms with E-state index in [1.54, 1.807) is 13.8 Å². The van der Waals surface area contributed by atoms with Crippen LogP contribution in [0.2, 0.25) is 0 Å². The van der Waals surface area contributed by atoms with Crippen molar-refractivity contribution in [3.05, 3.63) is 0 Å². The summed E-state index contributed by atoms with van der Waals surface area (Å²) in [5.74, 6) is -1.73. The Labute approximate surface area is 61.9 Å². The standard InChI is InChI=1S/C7H17NO2/c1-4-6(2,3)7(9,10)5-8/h9-10H,4-5,8H2,1-3H3. The maximum atomic E-state index is 9.28. The molecule has 0 radical (unpaired) electrons. The molecule has 0 aliphatic heterocycles. The van der Waals surface area contributed by atoms with E-state index >= 15 is 0 Å². The van der Waals surface area contributed by atoms with E-state index in [-0.39, 0.29) is 6.54 Å². The Kier molecular flexibility index (Phi) is 2.83. The molecule has 0 aromatic rings. The monoisotopic (exact) mass is 147 g/mol. The predicted molar refractivity (Wildman–Crippen MR) is 40.3 cm³/mol. The van der Waals surface area contributed by atoms with Gasteiger partial charge in [0, 0.05) is 12.0 Å². The number of hydrogen-bond donors (Lipinski definition) is 3. The molecule has 0 unspecified atom stereocenters. The van der Waals surface area contributed by atoms with Crippen LogP contribution in [0.4, 0.5) is 0 Å². The average molecular weight is 147 g/mol. The molecule has 3 nitrogen and oxygen atoms in total. The van der Waals surface area contributed by atoms with Crippen LogP contribution in [0.1, 0.15) is 27.2 Å². The topological polar surface area (TPSA) is 66.5 Å². The van der Waals surface area contributed by atoms with Gasteiger partial charge in [0.2, 0.25) is 0 Å². The maximum absolute atomic E-state index is 9.28. The zero-order valence-corrected chi connectivity index (χ0v) is 6.89. The highest BCUT2D eigenvalue weighted by atomic mass is 16.5. The van der Waals surface area contributed by atoms with Crippen molar-refractivity contribution < 1.29 is 10.2 Å². The third-order valence-electron chi connectivity index (χ3n) is 2.25. The molecule has 0 atom stereocenters. The Bertz CT molecular complexity index is 96.2. The minimum atomic E-state index is -1.73. The van der Waals surface area contributed by atoms with Crippen molar-refractivity contribution in [2.75, 3.05) is 6.54 Å². The second-order valence-corrected chi connectivity index (χ2v) is 3.26. The Morgan fingerprint density at radius 2 is 1.70 bits per heavy atom. The molecule has 0 aliphatic carbocycles. The summed E-state index contributed by atoms with van der Waals surface area (Å²) >= 11 is 0. The van der Waals surface area contributed by atoms with Crippen LogP contribution in [0.3, 0.4) is 0 Å². The van der Waals surface area contributed by atoms with E-state index < -0.39 is 11.2 Å². The predicted octanol–water partition coefficient (Wildman–Crippen LogP) is 0.0622. The Morgan fingerprint density at radius 1 is 1.30 bits per heavy atom. The molecule has 0 rings (SSSR count). The van der Waals surface area contributed by atoms with E-state index in [1.807, 2.05) is 6.92 Å². The fourth-order valence-electron chi connectivity index (χ4n) is 0.559. The Balaban J connectivity index is 4.28. The molecule has 0 aliphatic rings. The molecular formula is C7H17NO2. The van der Waals surface area contributed by atoms with Gasteiger partial charge in [0.1, 0.15) is 0 Å². The van der Waals surface area contributed by atoms with Gasteiger partial charge in [-0.1, -0.05) is 20.8 Å². The van der Waals surface area contributed by atoms with Crippen molar-refractivity contribution in [3.63, 3.8) is 0 Å². The van der Waals surface area contributed by atoms with Crippen molar-refractivity contribution in [3.8, 4) is 0 Å². The van der Waals surface area contributed by atoms with Crippen LogP contribution in [-0.2, 0) is 0 Å². The summed E-state index contributed by atoms with van der Waals surface area (Å²) in [6.07, 6.45) is 0.692. The minimum absolute atomic E-state index is 0.117. The lowest BCUT2D eigenvalue weighted by Crippen LogP contribution is -2.50. The van der Waals surface area contributed by atoms with Gasteiger partial charge in [-0.15, -0.1) is 0 Å². The van der Waals surface area contributed by atoms with Crippen molar-refractivity contribution >= 4 is 0 Å². The van der Waals surface area contributed by atoms with E-state index in [4.69, 9.17) is 5.73 Å². The molecular weight excluding hydrogens is 130 g/mol. The second kappa shape index (κ2) is 2.86. The first-order valence-corrected chi connectivity index (χ1v) is 3.52. The zero-order chi connectivity index (χ0) is 8.41. The van der Waals surface area contributed by atoms with E-state index in [1.165, 1.54) is 0 Å². The fourth-order valence-corrected chi connectivity index (χ4v) is 0.559. The van der Waals surface area contributed by atoms with Crippen LogP contribution in [-0.4, -0.2) is 22.5 Å². The number of aliphatic hydroxyl groups is 2. The summed E-state index contributed by atoms with van der Waals surface area (Å²) < 4.78 is 0. The number of hydrogen-bond acceptors (Lipinski definition) is 3. The van der Waals surface area contributed by atoms with Crippen molar-refractivity contribution in [2.24, 2.45) is 11.1 Å². The van der Waals surface area contributed by atoms with Crippen molar-refractivity contribution in [1.29, 1.82) is 0 Å². The van der Waals surface area contributed by atoms with Crippen molar-refractivity contribution in [1.82, 2.24) is 0 Å². The average Bonchev–Trinajstić information content (AvgIpc) is 1.88. The zero-order valence-electron chi connectivity index (χ0n) is 6.89. The minimum Gasteiger partial charge on any atom is -0.364 e. The molecule has 0 saturated carbocycles. The van der Waals surface area contributed by atoms with E-state index in [0.29, 0.717) is 6.42 Å². The fraction of sp³-hybridized carbons (Fsp3) is 1.00. The van der Waals surface area contributed by atoms with Gasteiger partial charge in [-0.3, -0.25) is 0 Å². The molecule has 0 saturated heterocycles. The van der Waals surface area contributed by atoms with Gasteiger partial charge in [0.25, 0.3) is 0 Å². The summed E-state index contributed by atoms with van der Waals surface area (Å²) in [6.45, 7) is 5.34. The normalized spacial score (nSPS) is 13.8. The summed E-state index contributed by atoms with van der Waals surface area (Å²) in [5, 5.41) is 18.6. The molecule has 10 heavy (non-hydrogen) atoms. The van der Waals surface area contributed by atoms with Crippen LogP contribution in [0.5, 0.6) is 0 Å². The lowest BCUT2D eigenvalue weighted by Gasteiger charge is -2.36. The number of rotatable bonds is 3. The van der Waals surface area contributed by atoms with E-state index in [9.17, 15) is 10.2 Å². The van der Waals surface area contributed by atoms with Crippen LogP contribution in [0, 0.1) is 5.41 Å². The molecule has 0 spiro atoms. The van der Waals surface area contributed by atoms with Gasteiger partial charge in [-0.25, -0.2) is 0 Å². The van der Waals surface area contributed by atoms with E-state index in [2.05, 4.69) is 0 Å². The quantitative estimate of drug-likeness (QED) is 0.495. The Morgan fingerprint density at radius 3 is 1.80 bits per heavy atom. The molecule has 62 valence electrons. The largest absolute Gasteiger partial charge is 0.364 e. The van der Waals surface area contributed by atoms with Gasteiger partial charge in [0.15, 0.2) is 5.79 Å². The molecule has 0 aromatic heterocycles. The third kappa shape index (κ3) is 1.68. The van der Waals surface area contributed by atoms with E-state index in [0.717, 1.165) is 0 Å². The molecule has 0 fully saturated rings. The van der Waals surface area contributed by atoms with Crippen LogP contribution < -0.4 is 5.73 Å². The first-order chi connectivity index (χ1) is 4.37. The van der Waals surface area contributed by atoms with Gasteiger partial charge >= 0.3 is 0 Å². The molecule has 0 aromatic carbocycles. The van der Waals surface area contributed by atoms with Crippen LogP contribution >= 0.6 is 0 Å². The summed E-state index contributed by atoms with van der Waals surface area (Å²) in [6, 6.07) is 0. The molecule has 0 amide bonds. The van der Waals surface area contributed by atoms with Gasteiger partial charge in [-0.2, -0.15) is 0 Å². The highest BCUT2D eigenvalue weighted by Gasteiger charge is 2.38. The smallest absolute Gasteiger partial charge is 0.180 e. The third-order valence-corrected chi connectivity index (χ3v) is 2.25. The lowest BCUT2D eigenvalue weighted by atomic mass is 9.81. The highest BCUT2D eigenvalue weighted by Crippen LogP contribution is 2.30. The second-order valence-electron chi connectivity index (χ2n) is 3.26. The highest BCUT2D eigenvalue weighted by molar-refractivity contribution is 4.83. The molecule has 3 heteroatoms. The van der Waals surface area contributed by atoms with Crippen LogP contribution in [0.25, 0.3) is 0 Å². The summed E-state index contributed by atoms with van der Waals surface area (Å²) in [4.78, 5) is 0. The summed E-state index contributed by atoms with van der Waals surface area (Å²) in [7, 11) is 0. The molecule has 4 N–H and O–H groups in total. The first-order valence-electron chi connectivity index (χ1n) is 3.52. The first kappa shape index (κ1) is 9.88. The number of nitrogens with two attached hydrogens (primary N) is 1. The molecule has 0 heterocycles. The van der Waals surface area contributed by atoms with Crippen molar-refractivity contribution in [2.45, 2.75) is 33.0 Å². The Hall–Kier alpha value is -0.120. The van der Waals surface area contributed by atoms with Gasteiger partial charge in [0.05, 0.1) is 0 Å². The maximum Gasteiger partial charge on any atom is 0.180 e. The lowest BCUT2D eigenvalue weighted by molar-refractivity contribution is -0.225. The van der Waals surface area contributed by atoms with Gasteiger partial charge < -0.3 is 15.9 Å². The molecule has 0 bridgehead atoms. The SMILES string of the molecule is CCC(C)(C)C(O)(O)CN. The van der Waals surface area contributed by atoms with Gasteiger partial charge in [-0.05, 0) is 6.42 Å². The van der Waals surface area contributed by atoms with Crippen LogP contribution in [0.15, 0.2) is 0 Å². The summed E-state index contributed by atoms with van der Waals surface area (Å²) in [5.41, 5.74) is 4.64.